The fourth-order valence-corrected chi connectivity index (χ4v) is 4.77. The van der Waals surface area contributed by atoms with Crippen molar-refractivity contribution >= 4 is 33.3 Å². The average molecular weight is 481 g/mol. The summed E-state index contributed by atoms with van der Waals surface area (Å²) in [6, 6.07) is 19.8. The van der Waals surface area contributed by atoms with Gasteiger partial charge in [0.25, 0.3) is 10.0 Å². The van der Waals surface area contributed by atoms with Crippen molar-refractivity contribution in [3.05, 3.63) is 89.5 Å². The van der Waals surface area contributed by atoms with Crippen LogP contribution in [-0.2, 0) is 19.6 Å². The summed E-state index contributed by atoms with van der Waals surface area (Å²) < 4.78 is 32.8. The van der Waals surface area contributed by atoms with Crippen molar-refractivity contribution in [2.45, 2.75) is 31.6 Å². The van der Waals surface area contributed by atoms with E-state index in [2.05, 4.69) is 5.32 Å². The maximum Gasteiger partial charge on any atom is 0.337 e. The van der Waals surface area contributed by atoms with Gasteiger partial charge in [-0.05, 0) is 60.9 Å². The molecule has 0 radical (unpaired) electrons. The standard InChI is InChI=1S/C26H28N2O5S/c1-18(2)20-10-12-23(13-11-20)28(34(31,32)24-14-8-19(3)9-15-24)17-25(29)27-22-7-5-6-21(16-22)26(30)33-4/h5-16,18H,17H2,1-4H3,(H,27,29). The number of esters is 1. The lowest BCUT2D eigenvalue weighted by Crippen LogP contribution is -2.38. The van der Waals surface area contributed by atoms with E-state index in [0.717, 1.165) is 15.4 Å². The highest BCUT2D eigenvalue weighted by atomic mass is 32.2. The molecule has 0 aliphatic heterocycles. The van der Waals surface area contributed by atoms with Crippen molar-refractivity contribution in [1.29, 1.82) is 0 Å². The number of benzene rings is 3. The number of ether oxygens (including phenoxy) is 1. The minimum atomic E-state index is -4.02. The van der Waals surface area contributed by atoms with E-state index in [1.807, 2.05) is 32.9 Å². The monoisotopic (exact) mass is 480 g/mol. The average Bonchev–Trinajstić information content (AvgIpc) is 2.82. The van der Waals surface area contributed by atoms with Crippen molar-refractivity contribution < 1.29 is 22.7 Å². The Balaban J connectivity index is 1.93. The highest BCUT2D eigenvalue weighted by molar-refractivity contribution is 7.92. The topological polar surface area (TPSA) is 92.8 Å². The van der Waals surface area contributed by atoms with Gasteiger partial charge in [0.05, 0.1) is 23.3 Å². The highest BCUT2D eigenvalue weighted by Crippen LogP contribution is 2.26. The third kappa shape index (κ3) is 5.82. The first-order valence-electron chi connectivity index (χ1n) is 10.8. The van der Waals surface area contributed by atoms with Crippen LogP contribution in [0, 0.1) is 6.92 Å². The summed E-state index contributed by atoms with van der Waals surface area (Å²) in [5, 5.41) is 2.67. The van der Waals surface area contributed by atoms with Crippen LogP contribution >= 0.6 is 0 Å². The molecule has 0 aliphatic carbocycles. The third-order valence-electron chi connectivity index (χ3n) is 5.31. The summed E-state index contributed by atoms with van der Waals surface area (Å²) >= 11 is 0. The Morgan fingerprint density at radius 1 is 0.971 bits per heavy atom. The molecule has 0 heterocycles. The quantitative estimate of drug-likeness (QED) is 0.470. The lowest BCUT2D eigenvalue weighted by molar-refractivity contribution is -0.114. The lowest BCUT2D eigenvalue weighted by Gasteiger charge is -2.24. The minimum absolute atomic E-state index is 0.0894. The molecule has 178 valence electrons. The summed E-state index contributed by atoms with van der Waals surface area (Å²) in [5.74, 6) is -0.808. The van der Waals surface area contributed by atoms with Gasteiger partial charge < -0.3 is 10.1 Å². The van der Waals surface area contributed by atoms with Crippen molar-refractivity contribution in [3.8, 4) is 0 Å². The summed E-state index contributed by atoms with van der Waals surface area (Å²) in [6.45, 7) is 5.52. The molecule has 1 amide bonds. The Bertz CT molecular complexity index is 1270. The minimum Gasteiger partial charge on any atom is -0.465 e. The largest absolute Gasteiger partial charge is 0.465 e. The fourth-order valence-electron chi connectivity index (χ4n) is 3.35. The number of amides is 1. The molecule has 0 bridgehead atoms. The zero-order valence-electron chi connectivity index (χ0n) is 19.6. The maximum absolute atomic E-state index is 13.5. The van der Waals surface area contributed by atoms with Crippen molar-refractivity contribution in [3.63, 3.8) is 0 Å². The molecule has 0 saturated heterocycles. The van der Waals surface area contributed by atoms with Gasteiger partial charge in [-0.1, -0.05) is 49.7 Å². The van der Waals surface area contributed by atoms with Gasteiger partial charge in [-0.15, -0.1) is 0 Å². The molecule has 0 spiro atoms. The lowest BCUT2D eigenvalue weighted by atomic mass is 10.0. The van der Waals surface area contributed by atoms with Crippen molar-refractivity contribution in [1.82, 2.24) is 0 Å². The number of hydrogen-bond acceptors (Lipinski definition) is 5. The van der Waals surface area contributed by atoms with E-state index in [1.54, 1.807) is 42.5 Å². The number of aryl methyl sites for hydroxylation is 1. The summed E-state index contributed by atoms with van der Waals surface area (Å²) in [4.78, 5) is 24.8. The van der Waals surface area contributed by atoms with Crippen LogP contribution in [0.2, 0.25) is 0 Å². The first-order chi connectivity index (χ1) is 16.1. The second-order valence-corrected chi connectivity index (χ2v) is 10.1. The maximum atomic E-state index is 13.5. The number of rotatable bonds is 8. The molecule has 3 aromatic carbocycles. The molecule has 7 nitrogen and oxygen atoms in total. The van der Waals surface area contributed by atoms with Gasteiger partial charge in [-0.25, -0.2) is 13.2 Å². The predicted molar refractivity (Wildman–Crippen MR) is 133 cm³/mol. The van der Waals surface area contributed by atoms with E-state index in [9.17, 15) is 18.0 Å². The molecule has 34 heavy (non-hydrogen) atoms. The zero-order valence-corrected chi connectivity index (χ0v) is 20.4. The first kappa shape index (κ1) is 25.0. The van der Waals surface area contributed by atoms with E-state index in [-0.39, 0.29) is 16.4 Å². The Morgan fingerprint density at radius 3 is 2.21 bits per heavy atom. The van der Waals surface area contributed by atoms with Gasteiger partial charge in [0.2, 0.25) is 5.91 Å². The smallest absolute Gasteiger partial charge is 0.337 e. The Kier molecular flexibility index (Phi) is 7.73. The third-order valence-corrected chi connectivity index (χ3v) is 7.10. The SMILES string of the molecule is COC(=O)c1cccc(NC(=O)CN(c2ccc(C(C)C)cc2)S(=O)(=O)c2ccc(C)cc2)c1. The molecule has 0 aliphatic rings. The molecule has 0 fully saturated rings. The van der Waals surface area contributed by atoms with E-state index in [0.29, 0.717) is 11.4 Å². The van der Waals surface area contributed by atoms with Crippen LogP contribution in [0.15, 0.2) is 77.7 Å². The summed E-state index contributed by atoms with van der Waals surface area (Å²) in [6.07, 6.45) is 0. The Hall–Kier alpha value is -3.65. The molecule has 0 atom stereocenters. The molecular formula is C26H28N2O5S. The second-order valence-electron chi connectivity index (χ2n) is 8.19. The number of carbonyl (C=O) groups excluding carboxylic acids is 2. The van der Waals surface area contributed by atoms with Crippen LogP contribution < -0.4 is 9.62 Å². The van der Waals surface area contributed by atoms with Gasteiger partial charge in [0.15, 0.2) is 0 Å². The first-order valence-corrected chi connectivity index (χ1v) is 12.2. The van der Waals surface area contributed by atoms with E-state index in [4.69, 9.17) is 4.74 Å². The molecule has 8 heteroatoms. The Labute approximate surface area is 200 Å². The fraction of sp³-hybridized carbons (Fsp3) is 0.231. The molecule has 3 rings (SSSR count). The molecule has 3 aromatic rings. The number of carbonyl (C=O) groups is 2. The Morgan fingerprint density at radius 2 is 1.62 bits per heavy atom. The normalized spacial score (nSPS) is 11.2. The van der Waals surface area contributed by atoms with Gasteiger partial charge in [-0.3, -0.25) is 9.10 Å². The molecule has 0 aromatic heterocycles. The van der Waals surface area contributed by atoms with Gasteiger partial charge >= 0.3 is 5.97 Å². The van der Waals surface area contributed by atoms with Crippen molar-refractivity contribution in [2.75, 3.05) is 23.3 Å². The second kappa shape index (κ2) is 10.5. The zero-order chi connectivity index (χ0) is 24.9. The predicted octanol–water partition coefficient (Wildman–Crippen LogP) is 4.74. The van der Waals surface area contributed by atoms with E-state index >= 15 is 0 Å². The number of nitrogens with one attached hydrogen (secondary N) is 1. The molecular weight excluding hydrogens is 452 g/mol. The van der Waals surface area contributed by atoms with Crippen LogP contribution in [0.5, 0.6) is 0 Å². The number of sulfonamides is 1. The number of hydrogen-bond donors (Lipinski definition) is 1. The molecule has 0 unspecified atom stereocenters. The number of anilines is 2. The number of methoxy groups -OCH3 is 1. The van der Waals surface area contributed by atoms with Crippen LogP contribution in [0.25, 0.3) is 0 Å². The van der Waals surface area contributed by atoms with Gasteiger partial charge in [0.1, 0.15) is 6.54 Å². The van der Waals surface area contributed by atoms with Crippen molar-refractivity contribution in [2.24, 2.45) is 0 Å². The summed E-state index contributed by atoms with van der Waals surface area (Å²) in [7, 11) is -2.75. The van der Waals surface area contributed by atoms with E-state index < -0.39 is 28.4 Å². The van der Waals surface area contributed by atoms with Crippen LogP contribution in [0.3, 0.4) is 0 Å². The van der Waals surface area contributed by atoms with E-state index in [1.165, 1.54) is 25.3 Å². The van der Waals surface area contributed by atoms with Gasteiger partial charge in [0, 0.05) is 5.69 Å². The molecule has 1 N–H and O–H groups in total. The van der Waals surface area contributed by atoms with Crippen LogP contribution in [0.1, 0.15) is 41.3 Å². The van der Waals surface area contributed by atoms with Crippen LogP contribution in [0.4, 0.5) is 11.4 Å². The van der Waals surface area contributed by atoms with Crippen LogP contribution in [-0.4, -0.2) is 33.9 Å². The highest BCUT2D eigenvalue weighted by Gasteiger charge is 2.27. The van der Waals surface area contributed by atoms with Gasteiger partial charge in [-0.2, -0.15) is 0 Å². The number of nitrogens with zero attached hydrogens (tertiary/aromatic N) is 1. The summed E-state index contributed by atoms with van der Waals surface area (Å²) in [5.41, 5.74) is 2.99. The molecule has 0 saturated carbocycles.